The molecule has 6 heteroatoms. The van der Waals surface area contributed by atoms with Crippen LogP contribution in [0.15, 0.2) is 23.1 Å². The van der Waals surface area contributed by atoms with Gasteiger partial charge in [-0.15, -0.1) is 0 Å². The Morgan fingerprint density at radius 3 is 2.55 bits per heavy atom. The largest absolute Gasteiger partial charge is 0.396 e. The second-order valence-electron chi connectivity index (χ2n) is 5.27. The van der Waals surface area contributed by atoms with Crippen LogP contribution in [-0.2, 0) is 0 Å². The zero-order chi connectivity index (χ0) is 14.9. The Kier molecular flexibility index (Phi) is 4.39. The number of fused-ring (bicyclic) bond motifs is 1. The summed E-state index contributed by atoms with van der Waals surface area (Å²) in [4.78, 5) is 12.7. The molecule has 1 aromatic rings. The lowest BCUT2D eigenvalue weighted by Gasteiger charge is -2.36. The highest BCUT2D eigenvalue weighted by molar-refractivity contribution is 8.23. The van der Waals surface area contributed by atoms with Gasteiger partial charge < -0.3 is 5.11 Å². The molecular weight excluding hydrogens is 278 g/mol. The molecule has 5 nitrogen and oxygen atoms in total. The molecule has 3 N–H and O–H groups in total. The van der Waals surface area contributed by atoms with Gasteiger partial charge in [0.15, 0.2) is 0 Å². The Hall–Kier alpha value is -1.08. The summed E-state index contributed by atoms with van der Waals surface area (Å²) in [6, 6.07) is 5.23. The molecule has 1 aromatic carbocycles. The predicted octanol–water partition coefficient (Wildman–Crippen LogP) is 3.06. The number of carbonyl (C=O) groups is 1. The Balaban J connectivity index is 2.32. The summed E-state index contributed by atoms with van der Waals surface area (Å²) in [7, 11) is -3.22. The van der Waals surface area contributed by atoms with Gasteiger partial charge in [-0.1, -0.05) is 30.7 Å². The van der Waals surface area contributed by atoms with Crippen LogP contribution >= 0.6 is 10.8 Å². The van der Waals surface area contributed by atoms with Crippen molar-refractivity contribution in [2.24, 2.45) is 0 Å². The number of aliphatic hydroxyl groups excluding tert-OH is 1. The van der Waals surface area contributed by atoms with E-state index in [0.29, 0.717) is 23.3 Å². The van der Waals surface area contributed by atoms with Crippen molar-refractivity contribution in [3.63, 3.8) is 0 Å². The van der Waals surface area contributed by atoms with Gasteiger partial charge in [-0.25, -0.2) is 4.31 Å². The third-order valence-corrected chi connectivity index (χ3v) is 5.41. The summed E-state index contributed by atoms with van der Waals surface area (Å²) in [5, 5.41) is 8.79. The number of unbranched alkanes of at least 4 members (excludes halogenated alkanes) is 1. The molecule has 112 valence electrons. The molecule has 2 rings (SSSR count). The highest BCUT2D eigenvalue weighted by Crippen LogP contribution is 2.58. The van der Waals surface area contributed by atoms with Crippen LogP contribution in [0.25, 0.3) is 0 Å². The maximum Gasteiger partial charge on any atom is 0.274 e. The minimum atomic E-state index is -3.22. The van der Waals surface area contributed by atoms with Gasteiger partial charge in [0, 0.05) is 13.2 Å². The van der Waals surface area contributed by atoms with Crippen LogP contribution in [0.5, 0.6) is 0 Å². The molecule has 0 saturated carbocycles. The quantitative estimate of drug-likeness (QED) is 0.730. The summed E-state index contributed by atoms with van der Waals surface area (Å²) in [6.45, 7) is 4.33. The van der Waals surface area contributed by atoms with E-state index in [9.17, 15) is 13.9 Å². The minimum absolute atomic E-state index is 0.0334. The molecule has 1 aliphatic heterocycles. The van der Waals surface area contributed by atoms with Gasteiger partial charge in [0.1, 0.15) is 0 Å². The minimum Gasteiger partial charge on any atom is -0.396 e. The summed E-state index contributed by atoms with van der Waals surface area (Å²) >= 11 is 0. The Morgan fingerprint density at radius 2 is 1.95 bits per heavy atom. The SMILES string of the molecule is CC(C)c1ccc2c(c1)C(=O)N(CCCCO)S2(O)O. The average Bonchev–Trinajstić information content (AvgIpc) is 2.59. The molecule has 0 bridgehead atoms. The fourth-order valence-electron chi connectivity index (χ4n) is 2.28. The maximum absolute atomic E-state index is 12.3. The first-order chi connectivity index (χ1) is 9.39. The molecule has 0 fully saturated rings. The second kappa shape index (κ2) is 5.73. The van der Waals surface area contributed by atoms with Crippen molar-refractivity contribution in [2.75, 3.05) is 13.2 Å². The lowest BCUT2D eigenvalue weighted by molar-refractivity contribution is 0.0859. The fraction of sp³-hybridized carbons (Fsp3) is 0.500. The van der Waals surface area contributed by atoms with Crippen molar-refractivity contribution in [3.05, 3.63) is 29.3 Å². The Labute approximate surface area is 120 Å². The van der Waals surface area contributed by atoms with E-state index < -0.39 is 10.8 Å². The molecule has 0 aromatic heterocycles. The van der Waals surface area contributed by atoms with Crippen molar-refractivity contribution >= 4 is 16.7 Å². The molecule has 0 saturated heterocycles. The van der Waals surface area contributed by atoms with Crippen LogP contribution in [0.2, 0.25) is 0 Å². The lowest BCUT2D eigenvalue weighted by Crippen LogP contribution is -2.28. The number of amides is 1. The Bertz CT molecular complexity index is 516. The van der Waals surface area contributed by atoms with Gasteiger partial charge >= 0.3 is 0 Å². The van der Waals surface area contributed by atoms with E-state index in [4.69, 9.17) is 5.11 Å². The topological polar surface area (TPSA) is 81.0 Å². The first-order valence-electron chi connectivity index (χ1n) is 6.74. The van der Waals surface area contributed by atoms with E-state index in [1.54, 1.807) is 12.1 Å². The highest BCUT2D eigenvalue weighted by atomic mass is 32.3. The van der Waals surface area contributed by atoms with Gasteiger partial charge in [-0.2, -0.15) is 0 Å². The van der Waals surface area contributed by atoms with Crippen molar-refractivity contribution < 1.29 is 19.0 Å². The van der Waals surface area contributed by atoms with E-state index in [1.807, 2.05) is 19.9 Å². The number of hydrogen-bond acceptors (Lipinski definition) is 4. The lowest BCUT2D eigenvalue weighted by atomic mass is 10.0. The van der Waals surface area contributed by atoms with Crippen molar-refractivity contribution in [1.29, 1.82) is 0 Å². The number of aliphatic hydroxyl groups is 1. The zero-order valence-electron chi connectivity index (χ0n) is 11.7. The molecule has 20 heavy (non-hydrogen) atoms. The van der Waals surface area contributed by atoms with Gasteiger partial charge in [0.05, 0.1) is 10.5 Å². The normalized spacial score (nSPS) is 18.5. The molecule has 0 aliphatic carbocycles. The number of benzene rings is 1. The second-order valence-corrected chi connectivity index (χ2v) is 7.19. The zero-order valence-corrected chi connectivity index (χ0v) is 12.6. The van der Waals surface area contributed by atoms with E-state index in [1.165, 1.54) is 0 Å². The standard InChI is InChI=1S/C14H21NO4S/c1-10(2)11-5-6-13-12(9-11)14(17)15(20(13,18)19)7-3-4-8-16/h5-6,9-10,16,18-19H,3-4,7-8H2,1-2H3. The Morgan fingerprint density at radius 1 is 1.25 bits per heavy atom. The number of nitrogens with zero attached hydrogens (tertiary/aromatic N) is 1. The van der Waals surface area contributed by atoms with Crippen LogP contribution in [-0.4, -0.2) is 37.6 Å². The van der Waals surface area contributed by atoms with Crippen LogP contribution in [0.4, 0.5) is 0 Å². The van der Waals surface area contributed by atoms with E-state index in [0.717, 1.165) is 9.87 Å². The molecule has 0 atom stereocenters. The van der Waals surface area contributed by atoms with Crippen LogP contribution < -0.4 is 0 Å². The summed E-state index contributed by atoms with van der Waals surface area (Å²) in [5.74, 6) is -0.0567. The van der Waals surface area contributed by atoms with Crippen LogP contribution in [0, 0.1) is 0 Å². The third kappa shape index (κ3) is 2.56. The van der Waals surface area contributed by atoms with Gasteiger partial charge in [0.2, 0.25) is 0 Å². The molecule has 0 radical (unpaired) electrons. The fourth-order valence-corrected chi connectivity index (χ4v) is 3.92. The maximum atomic E-state index is 12.3. The monoisotopic (exact) mass is 299 g/mol. The van der Waals surface area contributed by atoms with Gasteiger partial charge in [-0.05, 0) is 36.5 Å². The highest BCUT2D eigenvalue weighted by Gasteiger charge is 2.41. The van der Waals surface area contributed by atoms with E-state index >= 15 is 0 Å². The van der Waals surface area contributed by atoms with Crippen molar-refractivity contribution in [3.8, 4) is 0 Å². The third-order valence-electron chi connectivity index (χ3n) is 3.50. The average molecular weight is 299 g/mol. The smallest absolute Gasteiger partial charge is 0.274 e. The molecule has 0 spiro atoms. The van der Waals surface area contributed by atoms with Crippen LogP contribution in [0.3, 0.4) is 0 Å². The molecular formula is C14H21NO4S. The molecule has 1 aliphatic rings. The summed E-state index contributed by atoms with van der Waals surface area (Å²) in [5.41, 5.74) is 1.39. The summed E-state index contributed by atoms with van der Waals surface area (Å²) < 4.78 is 21.7. The molecule has 0 unspecified atom stereocenters. The van der Waals surface area contributed by atoms with Crippen molar-refractivity contribution in [2.45, 2.75) is 37.5 Å². The predicted molar refractivity (Wildman–Crippen MR) is 79.0 cm³/mol. The van der Waals surface area contributed by atoms with Gasteiger partial charge in [-0.3, -0.25) is 13.9 Å². The first kappa shape index (κ1) is 15.3. The van der Waals surface area contributed by atoms with E-state index in [-0.39, 0.29) is 25.0 Å². The van der Waals surface area contributed by atoms with Crippen molar-refractivity contribution in [1.82, 2.24) is 4.31 Å². The first-order valence-corrected chi connectivity index (χ1v) is 8.25. The molecule has 1 amide bonds. The van der Waals surface area contributed by atoms with Gasteiger partial charge in [0.25, 0.3) is 5.91 Å². The summed E-state index contributed by atoms with van der Waals surface area (Å²) in [6.07, 6.45) is 1.08. The van der Waals surface area contributed by atoms with Crippen LogP contribution in [0.1, 0.15) is 48.5 Å². The number of rotatable bonds is 5. The number of hydrogen-bond donors (Lipinski definition) is 3. The van der Waals surface area contributed by atoms with E-state index in [2.05, 4.69) is 0 Å². The molecule has 1 heterocycles. The number of carbonyl (C=O) groups excluding carboxylic acids is 1.